The summed E-state index contributed by atoms with van der Waals surface area (Å²) in [5.41, 5.74) is -0.156. The van der Waals surface area contributed by atoms with Gasteiger partial charge in [0.2, 0.25) is 0 Å². The van der Waals surface area contributed by atoms with E-state index in [0.29, 0.717) is 17.1 Å². The van der Waals surface area contributed by atoms with Crippen LogP contribution in [-0.4, -0.2) is 25.1 Å². The smallest absolute Gasteiger partial charge is 0.433 e. The SMILES string of the molecule is Oc1cccc(OCc2cn(-c3ccc(C(F)(F)F)nc3)nn2)c1. The van der Waals surface area contributed by atoms with Crippen LogP contribution in [0.4, 0.5) is 13.2 Å². The fourth-order valence-corrected chi connectivity index (χ4v) is 1.91. The summed E-state index contributed by atoms with van der Waals surface area (Å²) in [7, 11) is 0. The molecule has 2 aromatic heterocycles. The Morgan fingerprint density at radius 2 is 2.00 bits per heavy atom. The molecule has 24 heavy (non-hydrogen) atoms. The van der Waals surface area contributed by atoms with Crippen LogP contribution in [0.3, 0.4) is 0 Å². The second kappa shape index (κ2) is 6.19. The van der Waals surface area contributed by atoms with E-state index < -0.39 is 11.9 Å². The van der Waals surface area contributed by atoms with Crippen molar-refractivity contribution >= 4 is 0 Å². The largest absolute Gasteiger partial charge is 0.508 e. The van der Waals surface area contributed by atoms with E-state index in [1.54, 1.807) is 12.1 Å². The Hall–Kier alpha value is -3.10. The minimum Gasteiger partial charge on any atom is -0.508 e. The number of aromatic hydroxyl groups is 1. The van der Waals surface area contributed by atoms with Gasteiger partial charge in [-0.1, -0.05) is 11.3 Å². The van der Waals surface area contributed by atoms with Gasteiger partial charge in [-0.2, -0.15) is 13.2 Å². The molecule has 0 saturated carbocycles. The van der Waals surface area contributed by atoms with E-state index in [-0.39, 0.29) is 12.4 Å². The van der Waals surface area contributed by atoms with E-state index in [1.165, 1.54) is 29.1 Å². The van der Waals surface area contributed by atoms with Crippen LogP contribution in [0.15, 0.2) is 48.8 Å². The lowest BCUT2D eigenvalue weighted by Gasteiger charge is -2.06. The number of phenols is 1. The normalized spacial score (nSPS) is 11.5. The van der Waals surface area contributed by atoms with Gasteiger partial charge < -0.3 is 9.84 Å². The molecule has 124 valence electrons. The van der Waals surface area contributed by atoms with Crippen molar-refractivity contribution in [2.75, 3.05) is 0 Å². The van der Waals surface area contributed by atoms with Crippen LogP contribution in [0, 0.1) is 0 Å². The summed E-state index contributed by atoms with van der Waals surface area (Å²) >= 11 is 0. The first-order chi connectivity index (χ1) is 11.4. The van der Waals surface area contributed by atoms with Crippen molar-refractivity contribution in [2.24, 2.45) is 0 Å². The van der Waals surface area contributed by atoms with Crippen molar-refractivity contribution in [3.8, 4) is 17.2 Å². The zero-order valence-corrected chi connectivity index (χ0v) is 12.1. The zero-order valence-electron chi connectivity index (χ0n) is 12.1. The molecular weight excluding hydrogens is 325 g/mol. The van der Waals surface area contributed by atoms with Gasteiger partial charge in [0, 0.05) is 6.07 Å². The van der Waals surface area contributed by atoms with Crippen LogP contribution in [-0.2, 0) is 12.8 Å². The van der Waals surface area contributed by atoms with Gasteiger partial charge >= 0.3 is 6.18 Å². The van der Waals surface area contributed by atoms with E-state index in [1.807, 2.05) is 0 Å². The molecular formula is C15H11F3N4O2. The van der Waals surface area contributed by atoms with Crippen LogP contribution < -0.4 is 4.74 Å². The molecule has 0 aliphatic heterocycles. The molecule has 3 rings (SSSR count). The Kier molecular flexibility index (Phi) is 4.07. The van der Waals surface area contributed by atoms with Crippen LogP contribution in [0.1, 0.15) is 11.4 Å². The summed E-state index contributed by atoms with van der Waals surface area (Å²) in [6.45, 7) is 0.0948. The highest BCUT2D eigenvalue weighted by atomic mass is 19.4. The van der Waals surface area contributed by atoms with Gasteiger partial charge in [0.25, 0.3) is 0 Å². The molecule has 6 nitrogen and oxygen atoms in total. The van der Waals surface area contributed by atoms with Gasteiger partial charge in [0.15, 0.2) is 0 Å². The second-order valence-electron chi connectivity index (χ2n) is 4.84. The van der Waals surface area contributed by atoms with E-state index in [9.17, 15) is 18.3 Å². The fraction of sp³-hybridized carbons (Fsp3) is 0.133. The molecule has 0 atom stereocenters. The molecule has 3 aromatic rings. The lowest BCUT2D eigenvalue weighted by molar-refractivity contribution is -0.141. The lowest BCUT2D eigenvalue weighted by Crippen LogP contribution is -2.08. The van der Waals surface area contributed by atoms with Gasteiger partial charge in [-0.05, 0) is 24.3 Å². The van der Waals surface area contributed by atoms with E-state index in [2.05, 4.69) is 15.3 Å². The number of benzene rings is 1. The number of ether oxygens (including phenoxy) is 1. The predicted molar refractivity (Wildman–Crippen MR) is 76.6 cm³/mol. The van der Waals surface area contributed by atoms with Gasteiger partial charge in [-0.25, -0.2) is 9.67 Å². The first kappa shape index (κ1) is 15.8. The van der Waals surface area contributed by atoms with Crippen LogP contribution >= 0.6 is 0 Å². The molecule has 2 heterocycles. The number of pyridine rings is 1. The number of rotatable bonds is 4. The van der Waals surface area contributed by atoms with Crippen molar-refractivity contribution in [1.82, 2.24) is 20.0 Å². The van der Waals surface area contributed by atoms with Crippen molar-refractivity contribution in [2.45, 2.75) is 12.8 Å². The molecule has 0 saturated heterocycles. The van der Waals surface area contributed by atoms with Gasteiger partial charge in [-0.3, -0.25) is 0 Å². The topological polar surface area (TPSA) is 73.1 Å². The number of phenolic OH excluding ortho intramolecular Hbond substituents is 1. The summed E-state index contributed by atoms with van der Waals surface area (Å²) < 4.78 is 44.2. The molecule has 0 amide bonds. The van der Waals surface area contributed by atoms with E-state index in [0.717, 1.165) is 12.3 Å². The molecule has 0 fully saturated rings. The average molecular weight is 336 g/mol. The molecule has 0 aliphatic rings. The number of alkyl halides is 3. The first-order valence-corrected chi connectivity index (χ1v) is 6.78. The number of aromatic nitrogens is 4. The maximum Gasteiger partial charge on any atom is 0.433 e. The monoisotopic (exact) mass is 336 g/mol. The number of hydrogen-bond donors (Lipinski definition) is 1. The van der Waals surface area contributed by atoms with Crippen molar-refractivity contribution in [1.29, 1.82) is 0 Å². The highest BCUT2D eigenvalue weighted by Crippen LogP contribution is 2.27. The van der Waals surface area contributed by atoms with Gasteiger partial charge in [0.05, 0.1) is 18.1 Å². The molecule has 0 spiro atoms. The average Bonchev–Trinajstić information content (AvgIpc) is 3.01. The minimum absolute atomic E-state index is 0.0759. The van der Waals surface area contributed by atoms with Crippen molar-refractivity contribution in [3.05, 3.63) is 60.2 Å². The Balaban J connectivity index is 1.69. The van der Waals surface area contributed by atoms with E-state index in [4.69, 9.17) is 4.74 Å². The summed E-state index contributed by atoms with van der Waals surface area (Å²) in [6, 6.07) is 8.40. The van der Waals surface area contributed by atoms with Crippen LogP contribution in [0.5, 0.6) is 11.5 Å². The Labute approximate surface area is 134 Å². The van der Waals surface area contributed by atoms with Crippen molar-refractivity contribution < 1.29 is 23.0 Å². The van der Waals surface area contributed by atoms with Crippen LogP contribution in [0.2, 0.25) is 0 Å². The predicted octanol–water partition coefficient (Wildman–Crippen LogP) is 2.97. The third kappa shape index (κ3) is 3.62. The molecule has 9 heteroatoms. The van der Waals surface area contributed by atoms with Gasteiger partial charge in [-0.15, -0.1) is 5.10 Å². The third-order valence-electron chi connectivity index (χ3n) is 3.05. The highest BCUT2D eigenvalue weighted by Gasteiger charge is 2.32. The Morgan fingerprint density at radius 3 is 2.67 bits per heavy atom. The number of halogens is 3. The maximum atomic E-state index is 12.5. The number of hydrogen-bond acceptors (Lipinski definition) is 5. The number of nitrogens with zero attached hydrogens (tertiary/aromatic N) is 4. The van der Waals surface area contributed by atoms with Crippen LogP contribution in [0.25, 0.3) is 5.69 Å². The van der Waals surface area contributed by atoms with E-state index >= 15 is 0 Å². The third-order valence-corrected chi connectivity index (χ3v) is 3.05. The molecule has 0 radical (unpaired) electrons. The summed E-state index contributed by atoms with van der Waals surface area (Å²) in [4.78, 5) is 3.37. The lowest BCUT2D eigenvalue weighted by atomic mass is 10.3. The minimum atomic E-state index is -4.48. The Morgan fingerprint density at radius 1 is 1.17 bits per heavy atom. The molecule has 0 unspecified atom stereocenters. The standard InChI is InChI=1S/C15H11F3N4O2/c16-15(17,18)14-5-4-11(7-19-14)22-8-10(20-21-22)9-24-13-3-1-2-12(23)6-13/h1-8,23H,9H2. The van der Waals surface area contributed by atoms with Crippen molar-refractivity contribution in [3.63, 3.8) is 0 Å². The molecule has 0 aliphatic carbocycles. The molecule has 1 aromatic carbocycles. The summed E-state index contributed by atoms with van der Waals surface area (Å²) in [5.74, 6) is 0.535. The zero-order chi connectivity index (χ0) is 17.2. The quantitative estimate of drug-likeness (QED) is 0.793. The second-order valence-corrected chi connectivity index (χ2v) is 4.84. The fourth-order valence-electron chi connectivity index (χ4n) is 1.91. The van der Waals surface area contributed by atoms with Gasteiger partial charge in [0.1, 0.15) is 29.5 Å². The first-order valence-electron chi connectivity index (χ1n) is 6.78. The Bertz CT molecular complexity index is 831. The summed E-state index contributed by atoms with van der Waals surface area (Å²) in [6.07, 6.45) is -1.90. The maximum absolute atomic E-state index is 12.5. The summed E-state index contributed by atoms with van der Waals surface area (Å²) in [5, 5.41) is 17.0. The molecule has 1 N–H and O–H groups in total. The molecule has 0 bridgehead atoms. The highest BCUT2D eigenvalue weighted by molar-refractivity contribution is 5.32.